The number of hydrogen-bond acceptors (Lipinski definition) is 4. The second kappa shape index (κ2) is 8.36. The molecule has 4 heteroatoms. The fourth-order valence-corrected chi connectivity index (χ4v) is 1.14. The monoisotopic (exact) mass is 196 g/mol. The smallest absolute Gasteiger partial charge is 0.211 e. The second-order valence-corrected chi connectivity index (χ2v) is 3.65. The number of nitrogens with zero attached hydrogens (tertiary/aromatic N) is 2. The highest BCUT2D eigenvalue weighted by Gasteiger charge is 2.05. The van der Waals surface area contributed by atoms with Gasteiger partial charge in [-0.3, -0.25) is 0 Å². The standard InChI is InChI=1S/C10H16N2O2/c1-9(5-11-7-13)3-4-10(2)6-12-8-14/h9-10H,3-6H2,1-2H3. The summed E-state index contributed by atoms with van der Waals surface area (Å²) in [6, 6.07) is 0. The van der Waals surface area contributed by atoms with Gasteiger partial charge in [-0.15, -0.1) is 0 Å². The lowest BCUT2D eigenvalue weighted by atomic mass is 9.98. The highest BCUT2D eigenvalue weighted by atomic mass is 16.1. The van der Waals surface area contributed by atoms with Crippen molar-refractivity contribution in [1.82, 2.24) is 0 Å². The minimum absolute atomic E-state index is 0.388. The van der Waals surface area contributed by atoms with Crippen LogP contribution >= 0.6 is 0 Å². The summed E-state index contributed by atoms with van der Waals surface area (Å²) >= 11 is 0. The molecule has 0 amide bonds. The van der Waals surface area contributed by atoms with Crippen molar-refractivity contribution in [3.63, 3.8) is 0 Å². The SMILES string of the molecule is CC(CCC(C)CN=C=O)CN=C=O. The Kier molecular flexibility index (Phi) is 7.62. The molecule has 0 rings (SSSR count). The lowest BCUT2D eigenvalue weighted by Gasteiger charge is -2.10. The van der Waals surface area contributed by atoms with Crippen LogP contribution in [-0.4, -0.2) is 25.2 Å². The van der Waals surface area contributed by atoms with Gasteiger partial charge in [0.05, 0.1) is 13.1 Å². The van der Waals surface area contributed by atoms with E-state index in [1.54, 1.807) is 0 Å². The van der Waals surface area contributed by atoms with Gasteiger partial charge in [-0.05, 0) is 24.7 Å². The van der Waals surface area contributed by atoms with E-state index < -0.39 is 0 Å². The van der Waals surface area contributed by atoms with Crippen LogP contribution in [0.2, 0.25) is 0 Å². The zero-order chi connectivity index (χ0) is 10.8. The number of isocyanates is 2. The van der Waals surface area contributed by atoms with Crippen LogP contribution in [0.3, 0.4) is 0 Å². The summed E-state index contributed by atoms with van der Waals surface area (Å²) in [4.78, 5) is 26.7. The molecule has 0 saturated carbocycles. The molecule has 0 aliphatic rings. The molecule has 4 nitrogen and oxygen atoms in total. The first-order chi connectivity index (χ1) is 6.70. The minimum atomic E-state index is 0.388. The quantitative estimate of drug-likeness (QED) is 0.459. The Balaban J connectivity index is 3.59. The normalized spacial score (nSPS) is 13.6. The van der Waals surface area contributed by atoms with Crippen LogP contribution < -0.4 is 0 Å². The molecule has 0 spiro atoms. The summed E-state index contributed by atoms with van der Waals surface area (Å²) < 4.78 is 0. The number of aliphatic imine (C=N–C) groups is 2. The van der Waals surface area contributed by atoms with Gasteiger partial charge in [0.15, 0.2) is 0 Å². The molecule has 78 valence electrons. The molecular formula is C10H16N2O2. The molecule has 0 aliphatic carbocycles. The van der Waals surface area contributed by atoms with Gasteiger partial charge >= 0.3 is 0 Å². The topological polar surface area (TPSA) is 58.9 Å². The molecular weight excluding hydrogens is 180 g/mol. The third-order valence-electron chi connectivity index (χ3n) is 2.09. The zero-order valence-corrected chi connectivity index (χ0v) is 8.69. The summed E-state index contributed by atoms with van der Waals surface area (Å²) in [7, 11) is 0. The Morgan fingerprint density at radius 3 is 1.57 bits per heavy atom. The summed E-state index contributed by atoms with van der Waals surface area (Å²) in [5.41, 5.74) is 0. The van der Waals surface area contributed by atoms with Gasteiger partial charge in [-0.1, -0.05) is 13.8 Å². The van der Waals surface area contributed by atoms with E-state index in [-0.39, 0.29) is 0 Å². The van der Waals surface area contributed by atoms with Crippen molar-refractivity contribution < 1.29 is 9.59 Å². The van der Waals surface area contributed by atoms with Crippen LogP contribution in [0.1, 0.15) is 26.7 Å². The van der Waals surface area contributed by atoms with E-state index in [9.17, 15) is 9.59 Å². The third-order valence-corrected chi connectivity index (χ3v) is 2.09. The summed E-state index contributed by atoms with van der Waals surface area (Å²) in [5.74, 6) is 0.776. The van der Waals surface area contributed by atoms with Gasteiger partial charge in [-0.25, -0.2) is 19.6 Å². The summed E-state index contributed by atoms with van der Waals surface area (Å²) in [6.45, 7) is 5.15. The fraction of sp³-hybridized carbons (Fsp3) is 0.800. The van der Waals surface area contributed by atoms with E-state index in [1.807, 2.05) is 13.8 Å². The predicted octanol–water partition coefficient (Wildman–Crippen LogP) is 1.71. The summed E-state index contributed by atoms with van der Waals surface area (Å²) in [6.07, 6.45) is 5.03. The van der Waals surface area contributed by atoms with Crippen LogP contribution in [0, 0.1) is 11.8 Å². The lowest BCUT2D eigenvalue weighted by molar-refractivity contribution is 0.440. The lowest BCUT2D eigenvalue weighted by Crippen LogP contribution is -2.05. The average molecular weight is 196 g/mol. The van der Waals surface area contributed by atoms with E-state index in [0.717, 1.165) is 12.8 Å². The molecule has 0 fully saturated rings. The average Bonchev–Trinajstić information content (AvgIpc) is 2.20. The highest BCUT2D eigenvalue weighted by molar-refractivity contribution is 5.33. The van der Waals surface area contributed by atoms with Crippen molar-refractivity contribution in [1.29, 1.82) is 0 Å². The zero-order valence-electron chi connectivity index (χ0n) is 8.69. The molecule has 0 N–H and O–H groups in total. The highest BCUT2D eigenvalue weighted by Crippen LogP contribution is 2.12. The molecule has 0 saturated heterocycles. The third kappa shape index (κ3) is 7.41. The first-order valence-electron chi connectivity index (χ1n) is 4.78. The molecule has 0 aliphatic heterocycles. The van der Waals surface area contributed by atoms with E-state index in [0.29, 0.717) is 24.9 Å². The van der Waals surface area contributed by atoms with E-state index >= 15 is 0 Å². The van der Waals surface area contributed by atoms with Crippen LogP contribution in [0.15, 0.2) is 9.98 Å². The number of carbonyl (C=O) groups excluding carboxylic acids is 2. The molecule has 0 bridgehead atoms. The van der Waals surface area contributed by atoms with Crippen LogP contribution in [0.4, 0.5) is 0 Å². The van der Waals surface area contributed by atoms with Gasteiger partial charge in [0.2, 0.25) is 12.2 Å². The van der Waals surface area contributed by atoms with Gasteiger partial charge in [0, 0.05) is 0 Å². The van der Waals surface area contributed by atoms with Gasteiger partial charge in [0.1, 0.15) is 0 Å². The Morgan fingerprint density at radius 2 is 1.29 bits per heavy atom. The van der Waals surface area contributed by atoms with Crippen LogP contribution in [0.5, 0.6) is 0 Å². The molecule has 2 atom stereocenters. The molecule has 0 radical (unpaired) electrons. The molecule has 2 unspecified atom stereocenters. The van der Waals surface area contributed by atoms with Gasteiger partial charge in [-0.2, -0.15) is 0 Å². The Morgan fingerprint density at radius 1 is 0.929 bits per heavy atom. The minimum Gasteiger partial charge on any atom is -0.211 e. The van der Waals surface area contributed by atoms with Crippen molar-refractivity contribution in [3.05, 3.63) is 0 Å². The number of hydrogen-bond donors (Lipinski definition) is 0. The second-order valence-electron chi connectivity index (χ2n) is 3.65. The predicted molar refractivity (Wildman–Crippen MR) is 53.5 cm³/mol. The van der Waals surface area contributed by atoms with Gasteiger partial charge in [0.25, 0.3) is 0 Å². The van der Waals surface area contributed by atoms with Crippen molar-refractivity contribution in [2.24, 2.45) is 21.8 Å². The van der Waals surface area contributed by atoms with Crippen LogP contribution in [0.25, 0.3) is 0 Å². The van der Waals surface area contributed by atoms with Crippen molar-refractivity contribution >= 4 is 12.2 Å². The van der Waals surface area contributed by atoms with Gasteiger partial charge < -0.3 is 0 Å². The van der Waals surface area contributed by atoms with Crippen molar-refractivity contribution in [2.75, 3.05) is 13.1 Å². The molecule has 14 heavy (non-hydrogen) atoms. The fourth-order valence-electron chi connectivity index (χ4n) is 1.14. The molecule has 0 heterocycles. The Labute approximate surface area is 84.1 Å². The molecule has 0 aromatic rings. The van der Waals surface area contributed by atoms with Crippen molar-refractivity contribution in [2.45, 2.75) is 26.7 Å². The van der Waals surface area contributed by atoms with Crippen LogP contribution in [-0.2, 0) is 9.59 Å². The van der Waals surface area contributed by atoms with E-state index in [2.05, 4.69) is 9.98 Å². The molecule has 0 aromatic carbocycles. The maximum Gasteiger partial charge on any atom is 0.234 e. The molecule has 0 aromatic heterocycles. The Bertz CT molecular complexity index is 215. The largest absolute Gasteiger partial charge is 0.234 e. The first kappa shape index (κ1) is 12.8. The maximum atomic E-state index is 9.84. The number of rotatable bonds is 7. The van der Waals surface area contributed by atoms with Crippen molar-refractivity contribution in [3.8, 4) is 0 Å². The van der Waals surface area contributed by atoms with E-state index in [4.69, 9.17) is 0 Å². The first-order valence-corrected chi connectivity index (χ1v) is 4.78. The Hall–Kier alpha value is -1.24. The van der Waals surface area contributed by atoms with E-state index in [1.165, 1.54) is 12.2 Å². The maximum absolute atomic E-state index is 9.84. The summed E-state index contributed by atoms with van der Waals surface area (Å²) in [5, 5.41) is 0.